The molecule has 0 unspecified atom stereocenters. The summed E-state index contributed by atoms with van der Waals surface area (Å²) in [5.74, 6) is -0.291. The van der Waals surface area contributed by atoms with Crippen molar-refractivity contribution >= 4 is 35.0 Å². The molecule has 0 saturated carbocycles. The fraction of sp³-hybridized carbons (Fsp3) is 0.353. The zero-order valence-corrected chi connectivity index (χ0v) is 27.0. The molecular formula is C34H37ClN6O5. The van der Waals surface area contributed by atoms with Gasteiger partial charge in [0, 0.05) is 68.5 Å². The maximum atomic E-state index is 13.0. The second-order valence-corrected chi connectivity index (χ2v) is 12.1. The van der Waals surface area contributed by atoms with Crippen molar-refractivity contribution in [1.29, 1.82) is 0 Å². The van der Waals surface area contributed by atoms with Crippen LogP contribution in [0.25, 0.3) is 22.4 Å². The average Bonchev–Trinajstić information content (AvgIpc) is 3.64. The predicted octanol–water partition coefficient (Wildman–Crippen LogP) is 3.71. The second-order valence-electron chi connectivity index (χ2n) is 11.7. The summed E-state index contributed by atoms with van der Waals surface area (Å²) in [7, 11) is 4.88. The minimum absolute atomic E-state index is 0.0787. The lowest BCUT2D eigenvalue weighted by molar-refractivity contribution is -0.131. The summed E-state index contributed by atoms with van der Waals surface area (Å²) in [4.78, 5) is 42.1. The minimum atomic E-state index is -0.469. The van der Waals surface area contributed by atoms with E-state index >= 15 is 0 Å². The second kappa shape index (κ2) is 13.2. The molecular weight excluding hydrogens is 608 g/mol. The van der Waals surface area contributed by atoms with E-state index in [4.69, 9.17) is 26.1 Å². The number of anilines is 1. The molecule has 1 aromatic heterocycles. The van der Waals surface area contributed by atoms with Crippen molar-refractivity contribution in [2.24, 2.45) is 0 Å². The van der Waals surface area contributed by atoms with Crippen molar-refractivity contribution in [3.63, 3.8) is 0 Å². The molecule has 11 nitrogen and oxygen atoms in total. The molecule has 1 saturated heterocycles. The third kappa shape index (κ3) is 5.99. The molecule has 0 radical (unpaired) electrons. The summed E-state index contributed by atoms with van der Waals surface area (Å²) in [5, 5.41) is 11.3. The topological polar surface area (TPSA) is 134 Å². The van der Waals surface area contributed by atoms with Crippen LogP contribution >= 0.6 is 11.6 Å². The molecule has 0 spiro atoms. The van der Waals surface area contributed by atoms with E-state index < -0.39 is 11.8 Å². The SMILES string of the molecule is COc1nc(-c2cccc(-c3cccc(NC(=O)C4=CCNN(C)C4=O)c3C)c2Cl)cc2c1[C@@H](NC[C@@H]1CCC(=O)N1)[C@@H](OC)C2. The van der Waals surface area contributed by atoms with Crippen LogP contribution in [0.1, 0.15) is 35.6 Å². The molecule has 3 amide bonds. The quantitative estimate of drug-likeness (QED) is 0.259. The van der Waals surface area contributed by atoms with Gasteiger partial charge in [0.05, 0.1) is 30.0 Å². The molecule has 1 fully saturated rings. The summed E-state index contributed by atoms with van der Waals surface area (Å²) in [6, 6.07) is 13.3. The van der Waals surface area contributed by atoms with E-state index in [9.17, 15) is 14.4 Å². The van der Waals surface area contributed by atoms with E-state index in [1.807, 2.05) is 43.3 Å². The smallest absolute Gasteiger partial charge is 0.273 e. The predicted molar refractivity (Wildman–Crippen MR) is 175 cm³/mol. The summed E-state index contributed by atoms with van der Waals surface area (Å²) >= 11 is 7.12. The molecule has 1 aliphatic carbocycles. The lowest BCUT2D eigenvalue weighted by atomic mass is 9.96. The lowest BCUT2D eigenvalue weighted by Gasteiger charge is -2.24. The van der Waals surface area contributed by atoms with Gasteiger partial charge in [0.15, 0.2) is 0 Å². The molecule has 4 N–H and O–H groups in total. The normalized spacial score (nSPS) is 20.8. The maximum Gasteiger partial charge on any atom is 0.273 e. The number of fused-ring (bicyclic) bond motifs is 1. The number of aromatic nitrogens is 1. The number of hydrazine groups is 1. The molecule has 3 aromatic rings. The van der Waals surface area contributed by atoms with E-state index in [1.54, 1.807) is 33.4 Å². The van der Waals surface area contributed by atoms with Gasteiger partial charge in [0.2, 0.25) is 11.8 Å². The Labute approximate surface area is 272 Å². The molecule has 240 valence electrons. The van der Waals surface area contributed by atoms with Gasteiger partial charge in [-0.05, 0) is 42.2 Å². The molecule has 46 heavy (non-hydrogen) atoms. The average molecular weight is 645 g/mol. The zero-order chi connectivity index (χ0) is 32.5. The van der Waals surface area contributed by atoms with Crippen LogP contribution in [-0.2, 0) is 25.5 Å². The Morgan fingerprint density at radius 1 is 1.13 bits per heavy atom. The van der Waals surface area contributed by atoms with E-state index in [0.717, 1.165) is 39.8 Å². The highest BCUT2D eigenvalue weighted by Gasteiger charge is 2.37. The van der Waals surface area contributed by atoms with Crippen molar-refractivity contribution in [3.05, 3.63) is 75.8 Å². The number of nitrogens with one attached hydrogen (secondary N) is 4. The monoisotopic (exact) mass is 644 g/mol. The Kier molecular flexibility index (Phi) is 9.10. The Balaban J connectivity index is 1.30. The number of rotatable bonds is 9. The molecule has 12 heteroatoms. The van der Waals surface area contributed by atoms with Crippen LogP contribution in [-0.4, -0.2) is 74.2 Å². The van der Waals surface area contributed by atoms with E-state index in [0.29, 0.717) is 48.2 Å². The largest absolute Gasteiger partial charge is 0.481 e. The van der Waals surface area contributed by atoms with Gasteiger partial charge < -0.3 is 25.4 Å². The highest BCUT2D eigenvalue weighted by molar-refractivity contribution is 6.36. The van der Waals surface area contributed by atoms with Crippen LogP contribution in [0, 0.1) is 6.92 Å². The number of carbonyl (C=O) groups is 3. The summed E-state index contributed by atoms with van der Waals surface area (Å²) in [6.45, 7) is 2.91. The number of pyridine rings is 1. The Morgan fingerprint density at radius 2 is 1.89 bits per heavy atom. The van der Waals surface area contributed by atoms with Crippen LogP contribution in [0.3, 0.4) is 0 Å². The highest BCUT2D eigenvalue weighted by atomic mass is 35.5. The Hall–Kier alpha value is -4.29. The number of methoxy groups -OCH3 is 2. The van der Waals surface area contributed by atoms with Crippen molar-refractivity contribution in [2.75, 3.05) is 39.7 Å². The summed E-state index contributed by atoms with van der Waals surface area (Å²) < 4.78 is 11.7. The van der Waals surface area contributed by atoms with Crippen LogP contribution in [0.5, 0.6) is 5.88 Å². The van der Waals surface area contributed by atoms with Gasteiger partial charge in [-0.15, -0.1) is 0 Å². The lowest BCUT2D eigenvalue weighted by Crippen LogP contribution is -2.46. The van der Waals surface area contributed by atoms with Gasteiger partial charge in [0.1, 0.15) is 5.57 Å². The van der Waals surface area contributed by atoms with Crippen LogP contribution < -0.4 is 26.1 Å². The fourth-order valence-corrected chi connectivity index (χ4v) is 6.78. The first-order valence-corrected chi connectivity index (χ1v) is 15.6. The fourth-order valence-electron chi connectivity index (χ4n) is 6.45. The highest BCUT2D eigenvalue weighted by Crippen LogP contribution is 2.43. The van der Waals surface area contributed by atoms with Crippen LogP contribution in [0.15, 0.2) is 54.1 Å². The summed E-state index contributed by atoms with van der Waals surface area (Å²) in [6.07, 6.45) is 3.46. The molecule has 6 rings (SSSR count). The third-order valence-electron chi connectivity index (χ3n) is 8.94. The molecule has 2 aromatic carbocycles. The van der Waals surface area contributed by atoms with E-state index in [2.05, 4.69) is 21.4 Å². The molecule has 3 atom stereocenters. The van der Waals surface area contributed by atoms with Gasteiger partial charge in [-0.3, -0.25) is 19.4 Å². The zero-order valence-electron chi connectivity index (χ0n) is 26.2. The van der Waals surface area contributed by atoms with Crippen LogP contribution in [0.2, 0.25) is 5.02 Å². The number of amides is 3. The Bertz CT molecular complexity index is 1740. The van der Waals surface area contributed by atoms with E-state index in [1.165, 1.54) is 5.01 Å². The number of likely N-dealkylation sites (N-methyl/N-ethyl adjacent to an activating group) is 1. The third-order valence-corrected chi connectivity index (χ3v) is 9.35. The minimum Gasteiger partial charge on any atom is -0.481 e. The summed E-state index contributed by atoms with van der Waals surface area (Å²) in [5.41, 5.74) is 9.36. The maximum absolute atomic E-state index is 13.0. The first kappa shape index (κ1) is 31.7. The van der Waals surface area contributed by atoms with Gasteiger partial charge in [-0.25, -0.2) is 10.4 Å². The number of benzene rings is 2. The standard InChI is InChI=1S/C34H37ClN6O5/c1-18-21(7-6-10-25(18)39-32(43)24-13-14-37-41(2)34(24)44)22-8-5-9-23(30(22)35)26-15-19-16-27(45-3)31(29(19)33(40-26)46-4)36-17-20-11-12-28(42)38-20/h5-10,13,15,20,27,31,36-37H,11-12,14,16-17H2,1-4H3,(H,38,42)(H,39,43)/t20-,27-,31-/m0/s1. The molecule has 3 aliphatic rings. The van der Waals surface area contributed by atoms with Crippen molar-refractivity contribution in [3.8, 4) is 28.3 Å². The Morgan fingerprint density at radius 3 is 2.63 bits per heavy atom. The van der Waals surface area contributed by atoms with Crippen molar-refractivity contribution < 1.29 is 23.9 Å². The van der Waals surface area contributed by atoms with E-state index in [-0.39, 0.29) is 29.7 Å². The first-order chi connectivity index (χ1) is 22.2. The van der Waals surface area contributed by atoms with Gasteiger partial charge >= 0.3 is 0 Å². The molecule has 2 aliphatic heterocycles. The van der Waals surface area contributed by atoms with Crippen LogP contribution in [0.4, 0.5) is 5.69 Å². The van der Waals surface area contributed by atoms with Gasteiger partial charge in [-0.2, -0.15) is 0 Å². The number of hydrogen-bond donors (Lipinski definition) is 4. The number of hydrogen-bond acceptors (Lipinski definition) is 8. The van der Waals surface area contributed by atoms with Gasteiger partial charge in [0.25, 0.3) is 11.8 Å². The van der Waals surface area contributed by atoms with Gasteiger partial charge in [-0.1, -0.05) is 48.0 Å². The number of ether oxygens (including phenoxy) is 2. The number of nitrogens with zero attached hydrogens (tertiary/aromatic N) is 2. The van der Waals surface area contributed by atoms with Crippen molar-refractivity contribution in [1.82, 2.24) is 26.1 Å². The number of halogens is 1. The van der Waals surface area contributed by atoms with Crippen molar-refractivity contribution in [2.45, 2.75) is 44.4 Å². The molecule has 3 heterocycles. The number of carbonyl (C=O) groups excluding carboxylic acids is 3. The first-order valence-electron chi connectivity index (χ1n) is 15.2. The molecule has 0 bridgehead atoms.